The quantitative estimate of drug-likeness (QED) is 0.248. The molecular weight excluding hydrogens is 296 g/mol. The summed E-state index contributed by atoms with van der Waals surface area (Å²) in [5.74, 6) is -1.11. The lowest BCUT2D eigenvalue weighted by Crippen LogP contribution is -2.01. The van der Waals surface area contributed by atoms with E-state index in [-0.39, 0.29) is 12.4 Å². The molecule has 0 heterocycles. The molecule has 0 aliphatic rings. The van der Waals surface area contributed by atoms with E-state index in [0.29, 0.717) is 32.1 Å². The molecule has 22 heavy (non-hydrogen) atoms. The number of hydrogen-bond donors (Lipinski definition) is 5. The molecule has 134 valence electrons. The summed E-state index contributed by atoms with van der Waals surface area (Å²) < 4.78 is 4.37. The topological polar surface area (TPSA) is 145 Å². The van der Waals surface area contributed by atoms with Gasteiger partial charge in [-0.2, -0.15) is 0 Å². The molecule has 0 rings (SSSR count). The Kier molecular flexibility index (Phi) is 23.1. The second-order valence-electron chi connectivity index (χ2n) is 4.34. The van der Waals surface area contributed by atoms with Crippen molar-refractivity contribution in [3.8, 4) is 0 Å². The van der Waals surface area contributed by atoms with Crippen LogP contribution in [-0.2, 0) is 14.3 Å². The zero-order valence-electron chi connectivity index (χ0n) is 13.6. The van der Waals surface area contributed by atoms with Gasteiger partial charge in [0.15, 0.2) is 12.6 Å². The first-order valence-electron chi connectivity index (χ1n) is 7.21. The van der Waals surface area contributed by atoms with Crippen LogP contribution in [0.4, 0.5) is 0 Å². The van der Waals surface area contributed by atoms with Gasteiger partial charge in [0.05, 0.1) is 7.11 Å². The number of esters is 1. The van der Waals surface area contributed by atoms with Crippen molar-refractivity contribution in [1.82, 2.24) is 0 Å². The number of ether oxygens (including phenoxy) is 1. The Morgan fingerprint density at radius 3 is 1.64 bits per heavy atom. The summed E-state index contributed by atoms with van der Waals surface area (Å²) in [4.78, 5) is 20.5. The van der Waals surface area contributed by atoms with Gasteiger partial charge in [-0.15, -0.1) is 0 Å². The number of unbranched alkanes of at least 4 members (excludes halogenated alkanes) is 1. The summed E-state index contributed by atoms with van der Waals surface area (Å²) in [6.45, 7) is 3.60. The first kappa shape index (κ1) is 25.7. The zero-order chi connectivity index (χ0) is 18.0. The van der Waals surface area contributed by atoms with Crippen molar-refractivity contribution in [2.24, 2.45) is 0 Å². The van der Waals surface area contributed by atoms with Crippen LogP contribution >= 0.6 is 0 Å². The fourth-order valence-electron chi connectivity index (χ4n) is 0.906. The molecule has 8 nitrogen and oxygen atoms in total. The van der Waals surface area contributed by atoms with Crippen LogP contribution in [0.1, 0.15) is 58.8 Å². The van der Waals surface area contributed by atoms with Gasteiger partial charge in [-0.3, -0.25) is 9.59 Å². The Balaban J connectivity index is -0.000000277. The number of aliphatic hydroxyl groups excluding tert-OH is 2. The molecule has 0 aromatic heterocycles. The van der Waals surface area contributed by atoms with Crippen LogP contribution in [0.3, 0.4) is 0 Å². The summed E-state index contributed by atoms with van der Waals surface area (Å²) in [5, 5.41) is 40.3. The van der Waals surface area contributed by atoms with E-state index in [2.05, 4.69) is 4.74 Å². The molecule has 0 spiro atoms. The van der Waals surface area contributed by atoms with Crippen molar-refractivity contribution < 1.29 is 39.9 Å². The van der Waals surface area contributed by atoms with E-state index in [0.717, 1.165) is 6.42 Å². The molecule has 0 saturated carbocycles. The lowest BCUT2D eigenvalue weighted by Gasteiger charge is -1.96. The second-order valence-corrected chi connectivity index (χ2v) is 4.34. The highest BCUT2D eigenvalue weighted by molar-refractivity contribution is 5.69. The zero-order valence-corrected chi connectivity index (χ0v) is 13.6. The number of carboxylic acid groups (broad SMARTS) is 1. The summed E-state index contributed by atoms with van der Waals surface area (Å²) >= 11 is 0. The van der Waals surface area contributed by atoms with Crippen molar-refractivity contribution in [3.05, 3.63) is 0 Å². The van der Waals surface area contributed by atoms with Gasteiger partial charge in [0.2, 0.25) is 0 Å². The summed E-state index contributed by atoms with van der Waals surface area (Å²) in [5.41, 5.74) is 0. The van der Waals surface area contributed by atoms with Gasteiger partial charge >= 0.3 is 11.9 Å². The maximum Gasteiger partial charge on any atom is 0.305 e. The highest BCUT2D eigenvalue weighted by Gasteiger charge is 2.01. The minimum absolute atomic E-state index is 0.122. The standard InChI is InChI=1S/C7H12O4.C4H10O2.C3H8O2/c1-11-7(10)5-3-2-4-6(8)9;1-2-3-4(5)6;1-2-3(4)5/h2-5H2,1H3,(H,8,9);4-6H,2-3H2,1H3;3-5H,2H2,1H3. The summed E-state index contributed by atoms with van der Waals surface area (Å²) in [7, 11) is 1.32. The molecule has 0 aliphatic carbocycles. The third kappa shape index (κ3) is 36.3. The minimum atomic E-state index is -1.12. The highest BCUT2D eigenvalue weighted by Crippen LogP contribution is 2.00. The van der Waals surface area contributed by atoms with Crippen LogP contribution in [0.5, 0.6) is 0 Å². The van der Waals surface area contributed by atoms with Crippen LogP contribution in [0.15, 0.2) is 0 Å². The van der Waals surface area contributed by atoms with E-state index in [9.17, 15) is 9.59 Å². The van der Waals surface area contributed by atoms with Crippen LogP contribution in [0.2, 0.25) is 0 Å². The normalized spacial score (nSPS) is 9.50. The van der Waals surface area contributed by atoms with Gasteiger partial charge in [0, 0.05) is 12.8 Å². The van der Waals surface area contributed by atoms with Crippen molar-refractivity contribution >= 4 is 11.9 Å². The smallest absolute Gasteiger partial charge is 0.305 e. The van der Waals surface area contributed by atoms with Crippen molar-refractivity contribution in [3.63, 3.8) is 0 Å². The fourth-order valence-corrected chi connectivity index (χ4v) is 0.906. The molecule has 0 aliphatic heterocycles. The maximum atomic E-state index is 10.5. The van der Waals surface area contributed by atoms with Gasteiger partial charge in [-0.1, -0.05) is 20.3 Å². The molecule has 0 bridgehead atoms. The van der Waals surface area contributed by atoms with E-state index in [1.165, 1.54) is 7.11 Å². The lowest BCUT2D eigenvalue weighted by molar-refractivity contribution is -0.141. The Labute approximate surface area is 131 Å². The van der Waals surface area contributed by atoms with Gasteiger partial charge in [-0.05, 0) is 25.7 Å². The number of carboxylic acids is 1. The molecule has 0 saturated heterocycles. The molecule has 8 heteroatoms. The van der Waals surface area contributed by atoms with Crippen LogP contribution < -0.4 is 0 Å². The minimum Gasteiger partial charge on any atom is -0.481 e. The predicted molar refractivity (Wildman–Crippen MR) is 79.8 cm³/mol. The Morgan fingerprint density at radius 2 is 1.41 bits per heavy atom. The third-order valence-electron chi connectivity index (χ3n) is 2.16. The number of rotatable bonds is 8. The molecule has 0 radical (unpaired) electrons. The second kappa shape index (κ2) is 19.8. The van der Waals surface area contributed by atoms with Gasteiger partial charge in [-0.25, -0.2) is 0 Å². The van der Waals surface area contributed by atoms with Gasteiger partial charge < -0.3 is 30.3 Å². The lowest BCUT2D eigenvalue weighted by atomic mass is 10.2. The number of hydrogen-bond acceptors (Lipinski definition) is 7. The molecule has 5 N–H and O–H groups in total. The van der Waals surface area contributed by atoms with E-state index < -0.39 is 18.5 Å². The Bertz CT molecular complexity index is 253. The largest absolute Gasteiger partial charge is 0.481 e. The highest BCUT2D eigenvalue weighted by atomic mass is 16.5. The maximum absolute atomic E-state index is 10.5. The molecule has 0 fully saturated rings. The SMILES string of the molecule is CCC(O)O.CCCC(O)O.COC(=O)CCCCC(=O)O. The predicted octanol–water partition coefficient (Wildman–Crippen LogP) is 0.609. The van der Waals surface area contributed by atoms with E-state index in [1.807, 2.05) is 6.92 Å². The van der Waals surface area contributed by atoms with E-state index >= 15 is 0 Å². The summed E-state index contributed by atoms with van der Waals surface area (Å²) in [6.07, 6.45) is 1.06. The van der Waals surface area contributed by atoms with Crippen molar-refractivity contribution in [2.75, 3.05) is 7.11 Å². The van der Waals surface area contributed by atoms with Crippen LogP contribution in [0.25, 0.3) is 0 Å². The first-order chi connectivity index (χ1) is 10.2. The Morgan fingerprint density at radius 1 is 0.955 bits per heavy atom. The van der Waals surface area contributed by atoms with Crippen LogP contribution in [0, 0.1) is 0 Å². The summed E-state index contributed by atoms with van der Waals surface area (Å²) in [6, 6.07) is 0. The molecule has 0 amide bonds. The van der Waals surface area contributed by atoms with E-state index in [1.54, 1.807) is 6.92 Å². The molecule has 0 aromatic carbocycles. The van der Waals surface area contributed by atoms with Crippen LogP contribution in [-0.4, -0.2) is 57.2 Å². The fraction of sp³-hybridized carbons (Fsp3) is 0.857. The number of carbonyl (C=O) groups is 2. The van der Waals surface area contributed by atoms with Crippen molar-refractivity contribution in [2.45, 2.75) is 71.4 Å². The van der Waals surface area contributed by atoms with Crippen molar-refractivity contribution in [1.29, 1.82) is 0 Å². The molecule has 0 unspecified atom stereocenters. The Hall–Kier alpha value is -1.22. The number of methoxy groups -OCH3 is 1. The van der Waals surface area contributed by atoms with Gasteiger partial charge in [0.1, 0.15) is 0 Å². The third-order valence-corrected chi connectivity index (χ3v) is 2.16. The number of aliphatic carboxylic acids is 1. The first-order valence-corrected chi connectivity index (χ1v) is 7.21. The molecule has 0 atom stereocenters. The number of aliphatic hydroxyl groups is 4. The average Bonchev–Trinajstić information content (AvgIpc) is 2.44. The molecular formula is C14H30O8. The monoisotopic (exact) mass is 326 g/mol. The number of carbonyl (C=O) groups excluding carboxylic acids is 1. The average molecular weight is 326 g/mol. The molecule has 0 aromatic rings. The van der Waals surface area contributed by atoms with Gasteiger partial charge in [0.25, 0.3) is 0 Å². The van der Waals surface area contributed by atoms with E-state index in [4.69, 9.17) is 25.5 Å².